The largest absolute Gasteiger partial charge is 0.459 e. The second kappa shape index (κ2) is 14.4. The van der Waals surface area contributed by atoms with E-state index in [-0.39, 0.29) is 31.0 Å². The van der Waals surface area contributed by atoms with Gasteiger partial charge in [-0.05, 0) is 35.4 Å². The maximum absolute atomic E-state index is 13.5. The molecule has 2 unspecified atom stereocenters. The topological polar surface area (TPSA) is 96.5 Å². The van der Waals surface area contributed by atoms with Crippen LogP contribution in [-0.4, -0.2) is 42.5 Å². The third-order valence-electron chi connectivity index (χ3n) is 7.01. The average molecular weight is 542 g/mol. The summed E-state index contributed by atoms with van der Waals surface area (Å²) in [7, 11) is 0. The quantitative estimate of drug-likeness (QED) is 0.267. The highest BCUT2D eigenvalue weighted by molar-refractivity contribution is 5.91. The van der Waals surface area contributed by atoms with Gasteiger partial charge in [0.2, 0.25) is 11.8 Å². The molecule has 1 aliphatic rings. The molecule has 7 nitrogen and oxygen atoms in total. The van der Waals surface area contributed by atoms with Crippen molar-refractivity contribution in [2.45, 2.75) is 63.8 Å². The summed E-state index contributed by atoms with van der Waals surface area (Å²) < 4.78 is 5.54. The molecule has 40 heavy (non-hydrogen) atoms. The number of amides is 2. The van der Waals surface area contributed by atoms with Crippen LogP contribution in [0.15, 0.2) is 91.0 Å². The van der Waals surface area contributed by atoms with Gasteiger partial charge in [-0.2, -0.15) is 0 Å². The van der Waals surface area contributed by atoms with Crippen LogP contribution >= 0.6 is 0 Å². The minimum atomic E-state index is -0.836. The number of benzene rings is 3. The third-order valence-corrected chi connectivity index (χ3v) is 7.01. The van der Waals surface area contributed by atoms with Gasteiger partial charge in [-0.3, -0.25) is 9.59 Å². The molecule has 0 aromatic heterocycles. The molecule has 4 rings (SSSR count). The molecular weight excluding hydrogens is 502 g/mol. The van der Waals surface area contributed by atoms with Gasteiger partial charge < -0.3 is 20.7 Å². The first-order valence-electron chi connectivity index (χ1n) is 14.0. The summed E-state index contributed by atoms with van der Waals surface area (Å²) in [5.41, 5.74) is 3.05. The number of ether oxygens (including phenoxy) is 1. The van der Waals surface area contributed by atoms with Crippen LogP contribution in [0.25, 0.3) is 0 Å². The molecule has 0 heterocycles. The molecule has 3 aromatic carbocycles. The first kappa shape index (κ1) is 29.0. The van der Waals surface area contributed by atoms with E-state index in [0.29, 0.717) is 18.8 Å². The molecule has 0 radical (unpaired) electrons. The summed E-state index contributed by atoms with van der Waals surface area (Å²) >= 11 is 0. The Morgan fingerprint density at radius 2 is 1.40 bits per heavy atom. The Morgan fingerprint density at radius 3 is 2.02 bits per heavy atom. The summed E-state index contributed by atoms with van der Waals surface area (Å²) in [5.74, 6) is -0.610. The normalized spacial score (nSPS) is 17.5. The van der Waals surface area contributed by atoms with Crippen molar-refractivity contribution in [2.24, 2.45) is 5.92 Å². The van der Waals surface area contributed by atoms with E-state index in [1.54, 1.807) is 0 Å². The van der Waals surface area contributed by atoms with Crippen LogP contribution in [0.2, 0.25) is 0 Å². The van der Waals surface area contributed by atoms with Gasteiger partial charge in [-0.25, -0.2) is 4.79 Å². The predicted molar refractivity (Wildman–Crippen MR) is 155 cm³/mol. The van der Waals surface area contributed by atoms with Gasteiger partial charge in [0.25, 0.3) is 0 Å². The zero-order chi connectivity index (χ0) is 28.3. The molecule has 1 saturated carbocycles. The molecule has 0 bridgehead atoms. The second-order valence-corrected chi connectivity index (χ2v) is 10.8. The smallest absolute Gasteiger partial charge is 0.328 e. The van der Waals surface area contributed by atoms with Crippen molar-refractivity contribution in [1.82, 2.24) is 16.0 Å². The predicted octanol–water partition coefficient (Wildman–Crippen LogP) is 4.13. The number of esters is 1. The van der Waals surface area contributed by atoms with Crippen molar-refractivity contribution >= 4 is 17.8 Å². The molecule has 1 fully saturated rings. The van der Waals surface area contributed by atoms with Crippen molar-refractivity contribution in [1.29, 1.82) is 0 Å². The highest BCUT2D eigenvalue weighted by Crippen LogP contribution is 2.40. The molecular formula is C33H39N3O4. The summed E-state index contributed by atoms with van der Waals surface area (Å²) in [5, 5.41) is 9.07. The van der Waals surface area contributed by atoms with Gasteiger partial charge in [0.1, 0.15) is 18.7 Å². The Hall–Kier alpha value is -3.97. The van der Waals surface area contributed by atoms with Crippen LogP contribution in [-0.2, 0) is 32.1 Å². The Labute approximate surface area is 236 Å². The Bertz CT molecular complexity index is 1230. The molecule has 0 saturated heterocycles. The molecule has 0 aliphatic heterocycles. The molecule has 3 aromatic rings. The summed E-state index contributed by atoms with van der Waals surface area (Å²) in [6.07, 6.45) is 1.71. The second-order valence-electron chi connectivity index (χ2n) is 10.8. The number of nitrogens with one attached hydrogen (secondary N) is 3. The van der Waals surface area contributed by atoms with Crippen molar-refractivity contribution in [2.75, 3.05) is 6.54 Å². The van der Waals surface area contributed by atoms with E-state index in [2.05, 4.69) is 28.1 Å². The summed E-state index contributed by atoms with van der Waals surface area (Å²) in [6, 6.07) is 27.8. The van der Waals surface area contributed by atoms with E-state index in [4.69, 9.17) is 4.74 Å². The van der Waals surface area contributed by atoms with Gasteiger partial charge in [0.05, 0.1) is 6.54 Å². The maximum atomic E-state index is 13.5. The fraction of sp³-hybridized carbons (Fsp3) is 0.364. The van der Waals surface area contributed by atoms with E-state index in [1.807, 2.05) is 92.7 Å². The highest BCUT2D eigenvalue weighted by Gasteiger charge is 2.38. The van der Waals surface area contributed by atoms with Crippen molar-refractivity contribution in [3.05, 3.63) is 108 Å². The van der Waals surface area contributed by atoms with E-state index in [0.717, 1.165) is 17.5 Å². The molecule has 0 spiro atoms. The summed E-state index contributed by atoms with van der Waals surface area (Å²) in [6.45, 7) is 4.21. The molecule has 2 amide bonds. The van der Waals surface area contributed by atoms with Gasteiger partial charge in [0, 0.05) is 18.4 Å². The minimum absolute atomic E-state index is 0.112. The minimum Gasteiger partial charge on any atom is -0.459 e. The fourth-order valence-corrected chi connectivity index (χ4v) is 4.80. The van der Waals surface area contributed by atoms with Gasteiger partial charge in [-0.1, -0.05) is 105 Å². The number of hydrogen-bond donors (Lipinski definition) is 3. The van der Waals surface area contributed by atoms with Crippen LogP contribution in [0.5, 0.6) is 0 Å². The third kappa shape index (κ3) is 9.06. The zero-order valence-corrected chi connectivity index (χ0v) is 23.2. The molecule has 4 atom stereocenters. The number of carbonyl (C=O) groups excluding carboxylic acids is 3. The maximum Gasteiger partial charge on any atom is 0.328 e. The van der Waals surface area contributed by atoms with Crippen molar-refractivity contribution in [3.63, 3.8) is 0 Å². The summed E-state index contributed by atoms with van der Waals surface area (Å²) in [4.78, 5) is 39.4. The number of hydrogen-bond acceptors (Lipinski definition) is 5. The molecule has 210 valence electrons. The monoisotopic (exact) mass is 541 g/mol. The van der Waals surface area contributed by atoms with E-state index in [1.165, 1.54) is 5.56 Å². The molecule has 1 aliphatic carbocycles. The zero-order valence-electron chi connectivity index (χ0n) is 23.2. The number of rotatable bonds is 14. The SMILES string of the molecule is CC(C)CC(NC(=O)C(Cc1ccccc1)NC(=O)CN[C@H]1C[C@@H]1c1ccccc1)C(=O)OCc1ccccc1. The lowest BCUT2D eigenvalue weighted by Gasteiger charge is -2.24. The highest BCUT2D eigenvalue weighted by atomic mass is 16.5. The van der Waals surface area contributed by atoms with E-state index < -0.39 is 24.0 Å². The molecule has 7 heteroatoms. The number of carbonyl (C=O) groups is 3. The standard InChI is InChI=1S/C33H39N3O4/c1-23(2)18-30(33(39)40-22-25-14-8-4-9-15-25)36-32(38)29(19-24-12-6-3-7-13-24)35-31(37)21-34-28-20-27(28)26-16-10-5-11-17-26/h3-17,23,27-30,34H,18-22H2,1-2H3,(H,35,37)(H,36,38)/t27-,28+,29?,30?/m1/s1. The Kier molecular flexibility index (Phi) is 10.5. The first-order chi connectivity index (χ1) is 19.4. The Morgan fingerprint density at radius 1 is 0.800 bits per heavy atom. The lowest BCUT2D eigenvalue weighted by molar-refractivity contribution is -0.149. The van der Waals surface area contributed by atoms with Gasteiger partial charge in [0.15, 0.2) is 0 Å². The lowest BCUT2D eigenvalue weighted by Crippen LogP contribution is -2.54. The van der Waals surface area contributed by atoms with Crippen LogP contribution in [0.4, 0.5) is 0 Å². The van der Waals surface area contributed by atoms with Crippen LogP contribution in [0.3, 0.4) is 0 Å². The van der Waals surface area contributed by atoms with Crippen molar-refractivity contribution < 1.29 is 19.1 Å². The van der Waals surface area contributed by atoms with E-state index >= 15 is 0 Å². The van der Waals surface area contributed by atoms with Crippen LogP contribution < -0.4 is 16.0 Å². The van der Waals surface area contributed by atoms with Crippen LogP contribution in [0.1, 0.15) is 49.3 Å². The fourth-order valence-electron chi connectivity index (χ4n) is 4.80. The van der Waals surface area contributed by atoms with Gasteiger partial charge >= 0.3 is 5.97 Å². The lowest BCUT2D eigenvalue weighted by atomic mass is 10.0. The molecule has 3 N–H and O–H groups in total. The van der Waals surface area contributed by atoms with E-state index in [9.17, 15) is 14.4 Å². The van der Waals surface area contributed by atoms with Crippen LogP contribution in [0, 0.1) is 5.92 Å². The average Bonchev–Trinajstić information content (AvgIpc) is 3.75. The Balaban J connectivity index is 1.36. The first-order valence-corrected chi connectivity index (χ1v) is 14.0. The van der Waals surface area contributed by atoms with Gasteiger partial charge in [-0.15, -0.1) is 0 Å². The van der Waals surface area contributed by atoms with Crippen molar-refractivity contribution in [3.8, 4) is 0 Å².